The molecule has 0 aliphatic rings. The number of amides is 3. The van der Waals surface area contributed by atoms with Gasteiger partial charge in [0.25, 0.3) is 11.8 Å². The normalized spacial score (nSPS) is 11.6. The maximum absolute atomic E-state index is 13.5. The van der Waals surface area contributed by atoms with Crippen LogP contribution in [0.15, 0.2) is 144 Å². The summed E-state index contributed by atoms with van der Waals surface area (Å²) in [6, 6.07) is 38.0. The van der Waals surface area contributed by atoms with Crippen LogP contribution in [0.2, 0.25) is 0 Å². The van der Waals surface area contributed by atoms with Gasteiger partial charge in [-0.2, -0.15) is 0 Å². The van der Waals surface area contributed by atoms with Gasteiger partial charge in [0, 0.05) is 27.4 Å². The third-order valence-corrected chi connectivity index (χ3v) is 8.32. The topological polar surface area (TPSA) is 134 Å². The minimum Gasteiger partial charge on any atom is -0.496 e. The maximum Gasteiger partial charge on any atom is 0.335 e. The Morgan fingerprint density at radius 3 is 2.04 bits per heavy atom. The van der Waals surface area contributed by atoms with Gasteiger partial charge < -0.3 is 25.8 Å². The molecular weight excluding hydrogens is 626 g/mol. The number of carbonyl (C=O) groups is 4. The zero-order chi connectivity index (χ0) is 33.9. The van der Waals surface area contributed by atoms with Gasteiger partial charge in [0.05, 0.1) is 12.7 Å². The highest BCUT2D eigenvalue weighted by atomic mass is 32.2. The van der Waals surface area contributed by atoms with Gasteiger partial charge in [0.15, 0.2) is 0 Å². The molecule has 5 rings (SSSR count). The summed E-state index contributed by atoms with van der Waals surface area (Å²) in [5.41, 5.74) is 2.67. The number of carboxylic acid groups (broad SMARTS) is 1. The molecule has 10 heteroatoms. The van der Waals surface area contributed by atoms with E-state index in [2.05, 4.69) is 16.0 Å². The summed E-state index contributed by atoms with van der Waals surface area (Å²) in [6.45, 7) is 0. The summed E-state index contributed by atoms with van der Waals surface area (Å²) in [5, 5.41) is 17.1. The first-order valence-corrected chi connectivity index (χ1v) is 15.7. The van der Waals surface area contributed by atoms with Crippen LogP contribution >= 0.6 is 11.8 Å². The van der Waals surface area contributed by atoms with Gasteiger partial charge >= 0.3 is 5.97 Å². The molecule has 0 aliphatic carbocycles. The molecule has 0 aromatic heterocycles. The van der Waals surface area contributed by atoms with Gasteiger partial charge in [0.2, 0.25) is 5.91 Å². The molecule has 0 radical (unpaired) electrons. The molecule has 1 unspecified atom stereocenters. The van der Waals surface area contributed by atoms with Crippen LogP contribution in [-0.2, 0) is 9.59 Å². The largest absolute Gasteiger partial charge is 0.496 e. The van der Waals surface area contributed by atoms with Crippen LogP contribution in [0.25, 0.3) is 6.08 Å². The number of ether oxygens (including phenoxy) is 1. The van der Waals surface area contributed by atoms with Crippen LogP contribution in [0.3, 0.4) is 0 Å². The second-order valence-electron chi connectivity index (χ2n) is 10.4. The molecule has 0 saturated carbocycles. The Bertz CT molecular complexity index is 1950. The molecule has 0 bridgehead atoms. The molecule has 0 fully saturated rings. The highest BCUT2D eigenvalue weighted by molar-refractivity contribution is 8.00. The van der Waals surface area contributed by atoms with Crippen molar-refractivity contribution >= 4 is 52.9 Å². The Morgan fingerprint density at radius 2 is 1.35 bits per heavy atom. The van der Waals surface area contributed by atoms with Crippen molar-refractivity contribution in [3.8, 4) is 5.75 Å². The van der Waals surface area contributed by atoms with Crippen molar-refractivity contribution in [3.05, 3.63) is 161 Å². The number of carbonyl (C=O) groups excluding carboxylic acids is 3. The fourth-order valence-electron chi connectivity index (χ4n) is 4.67. The molecule has 48 heavy (non-hydrogen) atoms. The first-order valence-electron chi connectivity index (χ1n) is 14.8. The van der Waals surface area contributed by atoms with E-state index in [1.165, 1.54) is 31.0 Å². The lowest BCUT2D eigenvalue weighted by atomic mass is 10.1. The predicted octanol–water partition coefficient (Wildman–Crippen LogP) is 7.28. The second kappa shape index (κ2) is 15.9. The number of benzene rings is 5. The van der Waals surface area contributed by atoms with E-state index in [9.17, 15) is 24.3 Å². The summed E-state index contributed by atoms with van der Waals surface area (Å²) < 4.78 is 5.43. The Kier molecular flexibility index (Phi) is 11.0. The van der Waals surface area contributed by atoms with Gasteiger partial charge in [-0.05, 0) is 72.3 Å². The molecule has 1 atom stereocenters. The molecule has 3 amide bonds. The van der Waals surface area contributed by atoms with E-state index in [0.29, 0.717) is 28.3 Å². The number of thioether (sulfide) groups is 1. The van der Waals surface area contributed by atoms with Gasteiger partial charge in [-0.1, -0.05) is 72.8 Å². The molecule has 0 heterocycles. The zero-order valence-electron chi connectivity index (χ0n) is 25.8. The number of nitrogens with one attached hydrogen (secondary N) is 3. The minimum atomic E-state index is -1.09. The first kappa shape index (κ1) is 33.2. The number of anilines is 2. The smallest absolute Gasteiger partial charge is 0.335 e. The van der Waals surface area contributed by atoms with Gasteiger partial charge in [-0.25, -0.2) is 4.79 Å². The third-order valence-electron chi connectivity index (χ3n) is 7.05. The highest BCUT2D eigenvalue weighted by Gasteiger charge is 2.23. The van der Waals surface area contributed by atoms with Gasteiger partial charge in [-0.3, -0.25) is 14.4 Å². The van der Waals surface area contributed by atoms with Gasteiger partial charge in [0.1, 0.15) is 16.7 Å². The maximum atomic E-state index is 13.5. The van der Waals surface area contributed by atoms with E-state index in [0.717, 1.165) is 10.5 Å². The summed E-state index contributed by atoms with van der Waals surface area (Å²) in [6.07, 6.45) is 1.55. The predicted molar refractivity (Wildman–Crippen MR) is 187 cm³/mol. The molecular formula is C38H31N3O6S. The van der Waals surface area contributed by atoms with Crippen molar-refractivity contribution in [2.75, 3.05) is 17.7 Å². The minimum absolute atomic E-state index is 0.0135. The molecule has 0 aliphatic heterocycles. The van der Waals surface area contributed by atoms with E-state index >= 15 is 0 Å². The molecule has 5 aromatic rings. The number of aromatic carboxylic acids is 1. The second-order valence-corrected chi connectivity index (χ2v) is 11.6. The van der Waals surface area contributed by atoms with E-state index in [4.69, 9.17) is 4.74 Å². The fourth-order valence-corrected chi connectivity index (χ4v) is 5.70. The van der Waals surface area contributed by atoms with Crippen molar-refractivity contribution in [2.45, 2.75) is 10.1 Å². The molecule has 0 spiro atoms. The average molecular weight is 658 g/mol. The third kappa shape index (κ3) is 8.77. The van der Waals surface area contributed by atoms with Crippen molar-refractivity contribution < 1.29 is 29.0 Å². The van der Waals surface area contributed by atoms with E-state index in [-0.39, 0.29) is 17.2 Å². The Morgan fingerprint density at radius 1 is 0.708 bits per heavy atom. The van der Waals surface area contributed by atoms with Crippen molar-refractivity contribution in [1.29, 1.82) is 0 Å². The van der Waals surface area contributed by atoms with Crippen LogP contribution in [-0.4, -0.2) is 35.9 Å². The summed E-state index contributed by atoms with van der Waals surface area (Å²) in [5.74, 6) is -1.88. The SMILES string of the molecule is COc1ccccc1/C=C(\NC(=O)c1ccccc1)C(=O)Nc1ccc(SC(C(=O)Nc2cccc(C(=O)O)c2)c2ccccc2)cc1. The van der Waals surface area contributed by atoms with Gasteiger partial charge in [-0.15, -0.1) is 11.8 Å². The van der Waals surface area contributed by atoms with Crippen LogP contribution in [0.1, 0.15) is 37.1 Å². The number of methoxy groups -OCH3 is 1. The summed E-state index contributed by atoms with van der Waals surface area (Å²) in [7, 11) is 1.53. The molecule has 9 nitrogen and oxygen atoms in total. The quantitative estimate of drug-likeness (QED) is 0.0819. The number of para-hydroxylation sites is 1. The van der Waals surface area contributed by atoms with Crippen molar-refractivity contribution in [1.82, 2.24) is 5.32 Å². The monoisotopic (exact) mass is 657 g/mol. The standard InChI is InChI=1S/C38H31N3O6S/c1-47-33-18-9-8-15-27(33)24-32(41-35(42)26-13-6-3-7-14-26)36(43)39-29-19-21-31(22-20-29)48-34(25-11-4-2-5-12-25)37(44)40-30-17-10-16-28(23-30)38(45)46/h2-24,34H,1H3,(H,39,43)(H,40,44)(H,41,42)(H,45,46)/b32-24-. The zero-order valence-corrected chi connectivity index (χ0v) is 26.6. The number of hydrogen-bond acceptors (Lipinski definition) is 6. The number of carboxylic acids is 1. The molecule has 5 aromatic carbocycles. The fraction of sp³-hybridized carbons (Fsp3) is 0.0526. The lowest BCUT2D eigenvalue weighted by Gasteiger charge is -2.18. The molecule has 4 N–H and O–H groups in total. The average Bonchev–Trinajstić information content (AvgIpc) is 3.12. The molecule has 240 valence electrons. The lowest BCUT2D eigenvalue weighted by Crippen LogP contribution is -2.30. The number of hydrogen-bond donors (Lipinski definition) is 4. The van der Waals surface area contributed by atoms with E-state index in [1.807, 2.05) is 30.3 Å². The summed E-state index contributed by atoms with van der Waals surface area (Å²) >= 11 is 1.30. The Hall–Kier alpha value is -6.13. The van der Waals surface area contributed by atoms with E-state index < -0.39 is 23.0 Å². The van der Waals surface area contributed by atoms with Crippen LogP contribution in [0.4, 0.5) is 11.4 Å². The Labute approximate surface area is 281 Å². The Balaban J connectivity index is 1.34. The molecule has 0 saturated heterocycles. The van der Waals surface area contributed by atoms with Crippen LogP contribution in [0, 0.1) is 0 Å². The van der Waals surface area contributed by atoms with Crippen LogP contribution in [0.5, 0.6) is 5.75 Å². The van der Waals surface area contributed by atoms with Crippen LogP contribution < -0.4 is 20.7 Å². The first-order chi connectivity index (χ1) is 23.3. The van der Waals surface area contributed by atoms with Crippen molar-refractivity contribution in [3.63, 3.8) is 0 Å². The number of rotatable bonds is 12. The highest BCUT2D eigenvalue weighted by Crippen LogP contribution is 2.37. The summed E-state index contributed by atoms with van der Waals surface area (Å²) in [4.78, 5) is 52.2. The van der Waals surface area contributed by atoms with Crippen molar-refractivity contribution in [2.24, 2.45) is 0 Å². The van der Waals surface area contributed by atoms with E-state index in [1.54, 1.807) is 97.1 Å². The lowest BCUT2D eigenvalue weighted by molar-refractivity contribution is -0.116.